The van der Waals surface area contributed by atoms with Crippen LogP contribution >= 0.6 is 11.3 Å². The van der Waals surface area contributed by atoms with Gasteiger partial charge in [0.15, 0.2) is 0 Å². The molecule has 0 radical (unpaired) electrons. The second-order valence-electron chi connectivity index (χ2n) is 5.18. The van der Waals surface area contributed by atoms with Crippen LogP contribution in [0.4, 0.5) is 0 Å². The summed E-state index contributed by atoms with van der Waals surface area (Å²) < 4.78 is 26.9. The van der Waals surface area contributed by atoms with Crippen LogP contribution < -0.4 is 0 Å². The number of piperazine rings is 1. The van der Waals surface area contributed by atoms with Crippen molar-refractivity contribution in [2.75, 3.05) is 26.2 Å². The molecule has 0 spiro atoms. The monoisotopic (exact) mass is 332 g/mol. The van der Waals surface area contributed by atoms with E-state index in [4.69, 9.17) is 5.11 Å². The van der Waals surface area contributed by atoms with Gasteiger partial charge in [-0.3, -0.25) is 4.90 Å². The van der Waals surface area contributed by atoms with Crippen LogP contribution in [0.2, 0.25) is 0 Å². The van der Waals surface area contributed by atoms with Gasteiger partial charge in [0, 0.05) is 30.6 Å². The maximum absolute atomic E-state index is 12.7. The Morgan fingerprint density at radius 2 is 2.14 bits per heavy atom. The van der Waals surface area contributed by atoms with E-state index in [-0.39, 0.29) is 15.8 Å². The molecule has 1 fully saturated rings. The van der Waals surface area contributed by atoms with E-state index in [2.05, 4.69) is 11.8 Å². The van der Waals surface area contributed by atoms with Crippen molar-refractivity contribution in [2.24, 2.45) is 0 Å². The van der Waals surface area contributed by atoms with Crippen LogP contribution in [0.1, 0.15) is 28.4 Å². The van der Waals surface area contributed by atoms with Crippen LogP contribution in [0.5, 0.6) is 0 Å². The van der Waals surface area contributed by atoms with Crippen molar-refractivity contribution in [1.82, 2.24) is 9.21 Å². The highest BCUT2D eigenvalue weighted by molar-refractivity contribution is 7.89. The van der Waals surface area contributed by atoms with Gasteiger partial charge in [0.2, 0.25) is 10.0 Å². The van der Waals surface area contributed by atoms with Gasteiger partial charge in [-0.1, -0.05) is 6.92 Å². The van der Waals surface area contributed by atoms with Crippen molar-refractivity contribution >= 4 is 27.3 Å². The quantitative estimate of drug-likeness (QED) is 0.903. The summed E-state index contributed by atoms with van der Waals surface area (Å²) in [4.78, 5) is 13.9. The van der Waals surface area contributed by atoms with E-state index in [0.717, 1.165) is 17.9 Å². The highest BCUT2D eigenvalue weighted by Gasteiger charge is 2.33. The molecule has 0 bridgehead atoms. The Balaban J connectivity index is 2.29. The molecule has 1 saturated heterocycles. The maximum Gasteiger partial charge on any atom is 0.345 e. The largest absolute Gasteiger partial charge is 0.477 e. The van der Waals surface area contributed by atoms with E-state index >= 15 is 0 Å². The van der Waals surface area contributed by atoms with E-state index in [1.807, 2.05) is 6.92 Å². The average Bonchev–Trinajstić information content (AvgIpc) is 2.81. The summed E-state index contributed by atoms with van der Waals surface area (Å²) in [5.41, 5.74) is 0. The summed E-state index contributed by atoms with van der Waals surface area (Å²) >= 11 is 1.00. The molecule has 1 aliphatic heterocycles. The highest BCUT2D eigenvalue weighted by Crippen LogP contribution is 2.29. The lowest BCUT2D eigenvalue weighted by Crippen LogP contribution is -2.53. The lowest BCUT2D eigenvalue weighted by atomic mass is 10.2. The number of aryl methyl sites for hydroxylation is 1. The molecular weight excluding hydrogens is 312 g/mol. The molecule has 8 heteroatoms. The molecule has 0 aromatic carbocycles. The van der Waals surface area contributed by atoms with Crippen LogP contribution in [-0.2, 0) is 10.0 Å². The second kappa shape index (κ2) is 6.04. The standard InChI is InChI=1S/C13H20N2O4S2/c1-4-14-5-6-15(8-9(14)2)21(18,19)12-7-11(13(16)17)20-10(12)3/h7,9H,4-6,8H2,1-3H3,(H,16,17). The number of sulfonamides is 1. The third-order valence-electron chi connectivity index (χ3n) is 3.83. The molecular formula is C13H20N2O4S2. The summed E-state index contributed by atoms with van der Waals surface area (Å²) in [6.45, 7) is 8.19. The number of thiophene rings is 1. The number of likely N-dealkylation sites (N-methyl/N-ethyl adjacent to an activating group) is 1. The SMILES string of the molecule is CCN1CCN(S(=O)(=O)c2cc(C(=O)O)sc2C)CC1C. The molecule has 1 aliphatic rings. The van der Waals surface area contributed by atoms with Gasteiger partial charge in [-0.15, -0.1) is 11.3 Å². The van der Waals surface area contributed by atoms with Gasteiger partial charge in [-0.05, 0) is 26.5 Å². The van der Waals surface area contributed by atoms with Gasteiger partial charge in [0.05, 0.1) is 4.90 Å². The Morgan fingerprint density at radius 3 is 2.62 bits per heavy atom. The number of carbonyl (C=O) groups is 1. The van der Waals surface area contributed by atoms with Crippen molar-refractivity contribution in [2.45, 2.75) is 31.7 Å². The molecule has 1 atom stereocenters. The second-order valence-corrected chi connectivity index (χ2v) is 8.34. The van der Waals surface area contributed by atoms with Gasteiger partial charge in [0.25, 0.3) is 0 Å². The molecule has 2 heterocycles. The van der Waals surface area contributed by atoms with E-state index in [0.29, 0.717) is 24.5 Å². The summed E-state index contributed by atoms with van der Waals surface area (Å²) in [6.07, 6.45) is 0. The molecule has 21 heavy (non-hydrogen) atoms. The first-order chi connectivity index (χ1) is 9.77. The number of rotatable bonds is 4. The normalized spacial score (nSPS) is 21.6. The third-order valence-corrected chi connectivity index (χ3v) is 6.99. The molecule has 6 nitrogen and oxygen atoms in total. The van der Waals surface area contributed by atoms with Gasteiger partial charge >= 0.3 is 5.97 Å². The molecule has 118 valence electrons. The van der Waals surface area contributed by atoms with Crippen molar-refractivity contribution in [1.29, 1.82) is 0 Å². The van der Waals surface area contributed by atoms with Crippen molar-refractivity contribution in [3.8, 4) is 0 Å². The summed E-state index contributed by atoms with van der Waals surface area (Å²) in [5, 5.41) is 9.00. The number of hydrogen-bond donors (Lipinski definition) is 1. The fourth-order valence-electron chi connectivity index (χ4n) is 2.62. The Kier molecular flexibility index (Phi) is 4.72. The molecule has 1 aromatic rings. The number of aromatic carboxylic acids is 1. The van der Waals surface area contributed by atoms with Crippen molar-refractivity contribution in [3.63, 3.8) is 0 Å². The Hall–Kier alpha value is -0.960. The minimum atomic E-state index is -3.62. The zero-order valence-corrected chi connectivity index (χ0v) is 14.0. The highest BCUT2D eigenvalue weighted by atomic mass is 32.2. The van der Waals surface area contributed by atoms with Crippen molar-refractivity contribution < 1.29 is 18.3 Å². The van der Waals surface area contributed by atoms with Crippen LogP contribution in [0.25, 0.3) is 0 Å². The molecule has 2 rings (SSSR count). The smallest absolute Gasteiger partial charge is 0.345 e. The summed E-state index contributed by atoms with van der Waals surface area (Å²) in [7, 11) is -3.62. The molecule has 1 unspecified atom stereocenters. The van der Waals surface area contributed by atoms with E-state index in [1.54, 1.807) is 6.92 Å². The summed E-state index contributed by atoms with van der Waals surface area (Å²) in [6, 6.07) is 1.44. The Bertz CT molecular complexity index is 639. The molecule has 1 aromatic heterocycles. The van der Waals surface area contributed by atoms with E-state index in [1.165, 1.54) is 10.4 Å². The van der Waals surface area contributed by atoms with Crippen LogP contribution in [0.15, 0.2) is 11.0 Å². The van der Waals surface area contributed by atoms with Crippen LogP contribution in [0.3, 0.4) is 0 Å². The first-order valence-electron chi connectivity index (χ1n) is 6.85. The topological polar surface area (TPSA) is 77.9 Å². The predicted molar refractivity (Wildman–Crippen MR) is 81.5 cm³/mol. The zero-order valence-electron chi connectivity index (χ0n) is 12.4. The fourth-order valence-corrected chi connectivity index (χ4v) is 5.53. The first kappa shape index (κ1) is 16.4. The minimum Gasteiger partial charge on any atom is -0.477 e. The lowest BCUT2D eigenvalue weighted by Gasteiger charge is -2.38. The number of carboxylic acids is 1. The van der Waals surface area contributed by atoms with Gasteiger partial charge in [0.1, 0.15) is 4.88 Å². The number of nitrogens with zero attached hydrogens (tertiary/aromatic N) is 2. The predicted octanol–water partition coefficient (Wildman–Crippen LogP) is 1.47. The molecule has 0 amide bonds. The third kappa shape index (κ3) is 3.13. The van der Waals surface area contributed by atoms with Crippen LogP contribution in [-0.4, -0.2) is 60.9 Å². The van der Waals surface area contributed by atoms with Gasteiger partial charge in [-0.25, -0.2) is 13.2 Å². The van der Waals surface area contributed by atoms with E-state index < -0.39 is 16.0 Å². The zero-order chi connectivity index (χ0) is 15.8. The Labute approximate surface area is 129 Å². The van der Waals surface area contributed by atoms with Crippen molar-refractivity contribution in [3.05, 3.63) is 15.8 Å². The van der Waals surface area contributed by atoms with Crippen LogP contribution in [0, 0.1) is 6.92 Å². The lowest BCUT2D eigenvalue weighted by molar-refractivity contribution is 0.0702. The molecule has 0 aliphatic carbocycles. The Morgan fingerprint density at radius 1 is 1.48 bits per heavy atom. The number of hydrogen-bond acceptors (Lipinski definition) is 5. The first-order valence-corrected chi connectivity index (χ1v) is 9.11. The van der Waals surface area contributed by atoms with Gasteiger partial charge < -0.3 is 5.11 Å². The molecule has 1 N–H and O–H groups in total. The minimum absolute atomic E-state index is 0.0614. The fraction of sp³-hybridized carbons (Fsp3) is 0.615. The summed E-state index contributed by atoms with van der Waals surface area (Å²) in [5.74, 6) is -1.09. The maximum atomic E-state index is 12.7. The van der Waals surface area contributed by atoms with E-state index in [9.17, 15) is 13.2 Å². The van der Waals surface area contributed by atoms with Gasteiger partial charge in [-0.2, -0.15) is 4.31 Å². The number of carboxylic acid groups (broad SMARTS) is 1. The molecule has 0 saturated carbocycles. The average molecular weight is 332 g/mol.